The third-order valence-corrected chi connectivity index (χ3v) is 6.32. The van der Waals surface area contributed by atoms with Crippen LogP contribution in [-0.4, -0.2) is 20.9 Å². The van der Waals surface area contributed by atoms with Crippen LogP contribution in [0, 0.1) is 5.92 Å². The van der Waals surface area contributed by atoms with Crippen molar-refractivity contribution in [2.24, 2.45) is 5.92 Å². The molecule has 3 rings (SSSR count). The summed E-state index contributed by atoms with van der Waals surface area (Å²) in [5, 5.41) is 0. The number of carbonyl (C=O) groups is 1. The van der Waals surface area contributed by atoms with Gasteiger partial charge < -0.3 is 4.90 Å². The third-order valence-electron chi connectivity index (χ3n) is 4.92. The molecule has 5 nitrogen and oxygen atoms in total. The summed E-state index contributed by atoms with van der Waals surface area (Å²) in [6, 6.07) is 14.4. The van der Waals surface area contributed by atoms with E-state index in [0.717, 1.165) is 16.8 Å². The minimum atomic E-state index is -3.64. The van der Waals surface area contributed by atoms with Gasteiger partial charge in [-0.2, -0.15) is 0 Å². The number of sulfonamides is 1. The van der Waals surface area contributed by atoms with E-state index in [1.165, 1.54) is 0 Å². The van der Waals surface area contributed by atoms with Crippen molar-refractivity contribution in [3.05, 3.63) is 59.7 Å². The highest BCUT2D eigenvalue weighted by atomic mass is 32.2. The largest absolute Gasteiger partial charge is 0.311 e. The van der Waals surface area contributed by atoms with Crippen LogP contribution in [0.25, 0.3) is 0 Å². The fourth-order valence-electron chi connectivity index (χ4n) is 3.39. The summed E-state index contributed by atoms with van der Waals surface area (Å²) in [6.07, 6.45) is 0. The predicted molar refractivity (Wildman–Crippen MR) is 107 cm³/mol. The molecule has 1 amide bonds. The van der Waals surface area contributed by atoms with E-state index in [1.54, 1.807) is 23.1 Å². The molecular weight excluding hydrogens is 360 g/mol. The summed E-state index contributed by atoms with van der Waals surface area (Å²) in [5.41, 5.74) is 2.29. The van der Waals surface area contributed by atoms with Crippen molar-refractivity contribution in [3.63, 3.8) is 0 Å². The quantitative estimate of drug-likeness (QED) is 0.856. The van der Waals surface area contributed by atoms with E-state index in [1.807, 2.05) is 58.0 Å². The maximum Gasteiger partial charge on any atom is 0.240 e. The molecule has 0 saturated heterocycles. The van der Waals surface area contributed by atoms with Crippen LogP contribution in [0.1, 0.15) is 38.8 Å². The molecule has 0 aliphatic carbocycles. The van der Waals surface area contributed by atoms with E-state index >= 15 is 0 Å². The zero-order valence-electron chi connectivity index (χ0n) is 16.2. The number of carbonyl (C=O) groups excluding carboxylic acids is 1. The standard InChI is InChI=1S/C21H26N2O3S/c1-15(2)20(24)23-14-21(3,4)18-12-17(10-11-19(18)23)27(25,26)22-13-16-8-6-5-7-9-16/h5-12,15,22H,13-14H2,1-4H3. The van der Waals surface area contributed by atoms with Crippen LogP contribution in [-0.2, 0) is 26.8 Å². The van der Waals surface area contributed by atoms with Crippen LogP contribution >= 0.6 is 0 Å². The van der Waals surface area contributed by atoms with Crippen molar-refractivity contribution >= 4 is 21.6 Å². The highest BCUT2D eigenvalue weighted by Gasteiger charge is 2.39. The minimum Gasteiger partial charge on any atom is -0.311 e. The van der Waals surface area contributed by atoms with Gasteiger partial charge in [0.2, 0.25) is 15.9 Å². The Hall–Kier alpha value is -2.18. The van der Waals surface area contributed by atoms with Crippen molar-refractivity contribution in [1.82, 2.24) is 4.72 Å². The van der Waals surface area contributed by atoms with Crippen molar-refractivity contribution in [3.8, 4) is 0 Å². The summed E-state index contributed by atoms with van der Waals surface area (Å²) in [4.78, 5) is 14.5. The molecule has 0 bridgehead atoms. The monoisotopic (exact) mass is 386 g/mol. The van der Waals surface area contributed by atoms with Crippen LogP contribution < -0.4 is 9.62 Å². The Labute approximate surface area is 161 Å². The Morgan fingerprint density at radius 3 is 2.44 bits per heavy atom. The van der Waals surface area contributed by atoms with E-state index in [0.29, 0.717) is 6.54 Å². The van der Waals surface area contributed by atoms with E-state index in [9.17, 15) is 13.2 Å². The van der Waals surface area contributed by atoms with E-state index in [-0.39, 0.29) is 28.7 Å². The molecule has 2 aromatic carbocycles. The van der Waals surface area contributed by atoms with Crippen LogP contribution in [0.4, 0.5) is 5.69 Å². The van der Waals surface area contributed by atoms with Gasteiger partial charge in [0.1, 0.15) is 0 Å². The lowest BCUT2D eigenvalue weighted by Gasteiger charge is -2.22. The lowest BCUT2D eigenvalue weighted by Crippen LogP contribution is -2.36. The molecule has 144 valence electrons. The Balaban J connectivity index is 1.90. The second-order valence-electron chi connectivity index (χ2n) is 7.95. The summed E-state index contributed by atoms with van der Waals surface area (Å²) in [7, 11) is -3.64. The summed E-state index contributed by atoms with van der Waals surface area (Å²) >= 11 is 0. The molecule has 1 heterocycles. The maximum atomic E-state index is 12.7. The average Bonchev–Trinajstić information content (AvgIpc) is 2.91. The van der Waals surface area contributed by atoms with Gasteiger partial charge >= 0.3 is 0 Å². The number of anilines is 1. The zero-order chi connectivity index (χ0) is 19.8. The van der Waals surface area contributed by atoms with Gasteiger partial charge in [-0.05, 0) is 29.3 Å². The van der Waals surface area contributed by atoms with Crippen LogP contribution in [0.5, 0.6) is 0 Å². The van der Waals surface area contributed by atoms with Crippen LogP contribution in [0.2, 0.25) is 0 Å². The highest BCUT2D eigenvalue weighted by molar-refractivity contribution is 7.89. The summed E-state index contributed by atoms with van der Waals surface area (Å²) in [5.74, 6) is -0.0534. The molecule has 0 saturated carbocycles. The first kappa shape index (κ1) is 19.6. The fourth-order valence-corrected chi connectivity index (χ4v) is 4.43. The number of hydrogen-bond acceptors (Lipinski definition) is 3. The lowest BCUT2D eigenvalue weighted by molar-refractivity contribution is -0.121. The lowest BCUT2D eigenvalue weighted by atomic mass is 9.87. The highest BCUT2D eigenvalue weighted by Crippen LogP contribution is 2.42. The SMILES string of the molecule is CC(C)C(=O)N1CC(C)(C)c2cc(S(=O)(=O)NCc3ccccc3)ccc21. The van der Waals surface area contributed by atoms with Crippen LogP contribution in [0.15, 0.2) is 53.4 Å². The smallest absolute Gasteiger partial charge is 0.240 e. The first-order valence-corrected chi connectivity index (χ1v) is 10.6. The number of benzene rings is 2. The van der Waals surface area contributed by atoms with Crippen molar-refractivity contribution in [1.29, 1.82) is 0 Å². The molecular formula is C21H26N2O3S. The fraction of sp³-hybridized carbons (Fsp3) is 0.381. The van der Waals surface area contributed by atoms with Crippen molar-refractivity contribution in [2.75, 3.05) is 11.4 Å². The molecule has 0 aromatic heterocycles. The molecule has 0 radical (unpaired) electrons. The number of nitrogens with zero attached hydrogens (tertiary/aromatic N) is 1. The second-order valence-corrected chi connectivity index (χ2v) is 9.72. The zero-order valence-corrected chi connectivity index (χ0v) is 17.0. The number of rotatable bonds is 5. The molecule has 0 unspecified atom stereocenters. The summed E-state index contributed by atoms with van der Waals surface area (Å²) < 4.78 is 28.2. The Morgan fingerprint density at radius 1 is 1.15 bits per heavy atom. The number of amides is 1. The maximum absolute atomic E-state index is 12.7. The van der Waals surface area contributed by atoms with Crippen molar-refractivity contribution in [2.45, 2.75) is 44.6 Å². The molecule has 0 atom stereocenters. The third kappa shape index (κ3) is 3.92. The first-order chi connectivity index (χ1) is 12.6. The normalized spacial score (nSPS) is 15.8. The van der Waals surface area contributed by atoms with Gasteiger partial charge in [0.05, 0.1) is 4.90 Å². The molecule has 27 heavy (non-hydrogen) atoms. The van der Waals surface area contributed by atoms with E-state index in [4.69, 9.17) is 0 Å². The molecule has 1 aliphatic heterocycles. The van der Waals surface area contributed by atoms with E-state index < -0.39 is 10.0 Å². The average molecular weight is 387 g/mol. The minimum absolute atomic E-state index is 0.0552. The molecule has 1 aliphatic rings. The Morgan fingerprint density at radius 2 is 1.81 bits per heavy atom. The van der Waals surface area contributed by atoms with Gasteiger partial charge in [-0.25, -0.2) is 13.1 Å². The first-order valence-electron chi connectivity index (χ1n) is 9.11. The number of hydrogen-bond donors (Lipinski definition) is 1. The summed E-state index contributed by atoms with van der Waals surface area (Å²) in [6.45, 7) is 8.61. The molecule has 0 spiro atoms. The molecule has 0 fully saturated rings. The molecule has 6 heteroatoms. The van der Waals surface area contributed by atoms with Gasteiger partial charge in [0, 0.05) is 30.1 Å². The molecule has 1 N–H and O–H groups in total. The topological polar surface area (TPSA) is 66.5 Å². The second kappa shape index (κ2) is 7.09. The van der Waals surface area contributed by atoms with Crippen molar-refractivity contribution < 1.29 is 13.2 Å². The Bertz CT molecular complexity index is 951. The van der Waals surface area contributed by atoms with Gasteiger partial charge in [0.15, 0.2) is 0 Å². The molecule has 2 aromatic rings. The van der Waals surface area contributed by atoms with Crippen LogP contribution in [0.3, 0.4) is 0 Å². The Kier molecular flexibility index (Phi) is 5.14. The predicted octanol–water partition coefficient (Wildman–Crippen LogP) is 3.45. The van der Waals surface area contributed by atoms with Gasteiger partial charge in [0.25, 0.3) is 0 Å². The number of nitrogens with one attached hydrogen (secondary N) is 1. The number of fused-ring (bicyclic) bond motifs is 1. The van der Waals surface area contributed by atoms with Gasteiger partial charge in [-0.3, -0.25) is 4.79 Å². The van der Waals surface area contributed by atoms with E-state index in [2.05, 4.69) is 4.72 Å². The van der Waals surface area contributed by atoms with Gasteiger partial charge in [-0.15, -0.1) is 0 Å². The van der Waals surface area contributed by atoms with Gasteiger partial charge in [-0.1, -0.05) is 58.0 Å².